The molecule has 0 spiro atoms. The van der Waals surface area contributed by atoms with E-state index in [1.54, 1.807) is 30.3 Å². The molecular formula is C11H11F3N2. The van der Waals surface area contributed by atoms with Gasteiger partial charge in [-0.3, -0.25) is 5.32 Å². The summed E-state index contributed by atoms with van der Waals surface area (Å²) < 4.78 is 37.6. The maximum atomic E-state index is 12.5. The van der Waals surface area contributed by atoms with Crippen molar-refractivity contribution < 1.29 is 13.2 Å². The summed E-state index contributed by atoms with van der Waals surface area (Å²) in [4.78, 5) is 0. The predicted molar refractivity (Wildman–Crippen MR) is 53.4 cm³/mol. The van der Waals surface area contributed by atoms with Crippen LogP contribution in [0, 0.1) is 11.3 Å². The topological polar surface area (TPSA) is 35.8 Å². The van der Waals surface area contributed by atoms with Gasteiger partial charge in [0.25, 0.3) is 0 Å². The maximum Gasteiger partial charge on any atom is 0.419 e. The molecule has 0 aliphatic heterocycles. The summed E-state index contributed by atoms with van der Waals surface area (Å²) in [5.74, 6) is 0. The molecule has 1 rings (SSSR count). The first-order valence-electron chi connectivity index (χ1n) is 4.66. The van der Waals surface area contributed by atoms with Crippen molar-refractivity contribution in [2.45, 2.75) is 25.2 Å². The zero-order valence-corrected chi connectivity index (χ0v) is 8.67. The summed E-state index contributed by atoms with van der Waals surface area (Å²) >= 11 is 0. The van der Waals surface area contributed by atoms with E-state index in [0.29, 0.717) is 5.56 Å². The largest absolute Gasteiger partial charge is 0.419 e. The molecule has 0 saturated heterocycles. The Morgan fingerprint density at radius 2 is 1.81 bits per heavy atom. The fourth-order valence-corrected chi connectivity index (χ4v) is 1.08. The van der Waals surface area contributed by atoms with Crippen LogP contribution in [-0.4, -0.2) is 11.7 Å². The van der Waals surface area contributed by atoms with Crippen LogP contribution < -0.4 is 5.32 Å². The van der Waals surface area contributed by atoms with Gasteiger partial charge in [-0.05, 0) is 12.5 Å². The molecule has 0 radical (unpaired) electrons. The van der Waals surface area contributed by atoms with E-state index >= 15 is 0 Å². The molecule has 1 aromatic carbocycles. The van der Waals surface area contributed by atoms with Crippen LogP contribution >= 0.6 is 0 Å². The third kappa shape index (κ3) is 2.74. The normalized spacial score (nSPS) is 15.2. The average molecular weight is 228 g/mol. The molecule has 86 valence electrons. The highest BCUT2D eigenvalue weighted by molar-refractivity contribution is 5.17. The highest BCUT2D eigenvalue weighted by Gasteiger charge is 2.51. The van der Waals surface area contributed by atoms with Crippen molar-refractivity contribution in [3.8, 4) is 6.07 Å². The molecule has 0 aliphatic carbocycles. The van der Waals surface area contributed by atoms with Crippen molar-refractivity contribution in [3.63, 3.8) is 0 Å². The number of nitriles is 1. The molecule has 0 heterocycles. The van der Waals surface area contributed by atoms with Crippen LogP contribution in [0.25, 0.3) is 0 Å². The number of rotatable bonds is 3. The fourth-order valence-electron chi connectivity index (χ4n) is 1.08. The smallest absolute Gasteiger partial charge is 0.288 e. The second-order valence-electron chi connectivity index (χ2n) is 3.57. The molecule has 0 bridgehead atoms. The van der Waals surface area contributed by atoms with Gasteiger partial charge < -0.3 is 0 Å². The van der Waals surface area contributed by atoms with Crippen LogP contribution in [0.15, 0.2) is 30.3 Å². The highest BCUT2D eigenvalue weighted by Crippen LogP contribution is 2.29. The lowest BCUT2D eigenvalue weighted by Gasteiger charge is -2.26. The van der Waals surface area contributed by atoms with Crippen LogP contribution in [0.5, 0.6) is 0 Å². The Labute approximate surface area is 91.7 Å². The lowest BCUT2D eigenvalue weighted by Crippen LogP contribution is -2.52. The summed E-state index contributed by atoms with van der Waals surface area (Å²) in [5.41, 5.74) is -1.81. The number of nitrogens with zero attached hydrogens (tertiary/aromatic N) is 1. The molecule has 0 aliphatic rings. The van der Waals surface area contributed by atoms with Gasteiger partial charge in [0.05, 0.1) is 6.07 Å². The first kappa shape index (κ1) is 12.5. The number of halogens is 3. The van der Waals surface area contributed by atoms with E-state index in [-0.39, 0.29) is 6.54 Å². The first-order chi connectivity index (χ1) is 7.39. The minimum Gasteiger partial charge on any atom is -0.288 e. The minimum atomic E-state index is -4.59. The highest BCUT2D eigenvalue weighted by atomic mass is 19.4. The average Bonchev–Trinajstić information content (AvgIpc) is 2.26. The predicted octanol–water partition coefficient (Wildman–Crippen LogP) is 2.62. The van der Waals surface area contributed by atoms with Gasteiger partial charge in [0.2, 0.25) is 0 Å². The van der Waals surface area contributed by atoms with Gasteiger partial charge in [0.15, 0.2) is 5.54 Å². The summed E-state index contributed by atoms with van der Waals surface area (Å²) in [6.07, 6.45) is -4.59. The van der Waals surface area contributed by atoms with Gasteiger partial charge in [0, 0.05) is 6.54 Å². The van der Waals surface area contributed by atoms with Crippen molar-refractivity contribution in [2.75, 3.05) is 0 Å². The minimum absolute atomic E-state index is 0.00437. The van der Waals surface area contributed by atoms with Crippen LogP contribution in [0.3, 0.4) is 0 Å². The molecule has 1 aromatic rings. The third-order valence-corrected chi connectivity index (χ3v) is 2.28. The number of alkyl halides is 3. The Hall–Kier alpha value is -1.54. The Balaban J connectivity index is 2.71. The Morgan fingerprint density at radius 3 is 2.25 bits per heavy atom. The molecule has 1 N–H and O–H groups in total. The first-order valence-corrected chi connectivity index (χ1v) is 4.66. The van der Waals surface area contributed by atoms with Gasteiger partial charge in [-0.2, -0.15) is 18.4 Å². The van der Waals surface area contributed by atoms with E-state index < -0.39 is 11.7 Å². The molecular weight excluding hydrogens is 217 g/mol. The van der Waals surface area contributed by atoms with Gasteiger partial charge in [-0.1, -0.05) is 30.3 Å². The molecule has 0 saturated carbocycles. The van der Waals surface area contributed by atoms with Gasteiger partial charge in [-0.25, -0.2) is 0 Å². The van der Waals surface area contributed by atoms with Crippen molar-refractivity contribution in [1.82, 2.24) is 5.32 Å². The van der Waals surface area contributed by atoms with Crippen LogP contribution in [-0.2, 0) is 6.54 Å². The molecule has 1 unspecified atom stereocenters. The third-order valence-electron chi connectivity index (χ3n) is 2.28. The number of nitrogens with one attached hydrogen (secondary N) is 1. The SMILES string of the molecule is CC(C#N)(NCc1ccccc1)C(F)(F)F. The van der Waals surface area contributed by atoms with E-state index in [9.17, 15) is 13.2 Å². The summed E-state index contributed by atoms with van der Waals surface area (Å²) in [7, 11) is 0. The maximum absolute atomic E-state index is 12.5. The second kappa shape index (κ2) is 4.54. The van der Waals surface area contributed by atoms with Crippen molar-refractivity contribution in [3.05, 3.63) is 35.9 Å². The molecule has 1 atom stereocenters. The van der Waals surface area contributed by atoms with Crippen LogP contribution in [0.1, 0.15) is 12.5 Å². The Morgan fingerprint density at radius 1 is 1.25 bits per heavy atom. The zero-order chi connectivity index (χ0) is 12.2. The van der Waals surface area contributed by atoms with Crippen molar-refractivity contribution >= 4 is 0 Å². The van der Waals surface area contributed by atoms with E-state index in [2.05, 4.69) is 5.32 Å². The van der Waals surface area contributed by atoms with Crippen LogP contribution in [0.4, 0.5) is 13.2 Å². The lowest BCUT2D eigenvalue weighted by atomic mass is 10.0. The van der Waals surface area contributed by atoms with E-state index in [0.717, 1.165) is 6.92 Å². The Kier molecular flexibility index (Phi) is 3.55. The zero-order valence-electron chi connectivity index (χ0n) is 8.67. The van der Waals surface area contributed by atoms with Crippen LogP contribution in [0.2, 0.25) is 0 Å². The van der Waals surface area contributed by atoms with Gasteiger partial charge >= 0.3 is 6.18 Å². The fraction of sp³-hybridized carbons (Fsp3) is 0.364. The van der Waals surface area contributed by atoms with Crippen molar-refractivity contribution in [1.29, 1.82) is 5.26 Å². The molecule has 2 nitrogen and oxygen atoms in total. The van der Waals surface area contributed by atoms with Crippen molar-refractivity contribution in [2.24, 2.45) is 0 Å². The quantitative estimate of drug-likeness (QED) is 0.863. The lowest BCUT2D eigenvalue weighted by molar-refractivity contribution is -0.174. The van der Waals surface area contributed by atoms with Gasteiger partial charge in [0.1, 0.15) is 0 Å². The summed E-state index contributed by atoms with van der Waals surface area (Å²) in [6, 6.07) is 9.88. The van der Waals surface area contributed by atoms with E-state index in [4.69, 9.17) is 5.26 Å². The standard InChI is InChI=1S/C11H11F3N2/c1-10(8-15,11(12,13)14)16-7-9-5-3-2-4-6-9/h2-6,16H,7H2,1H3. The molecule has 16 heavy (non-hydrogen) atoms. The molecule has 0 fully saturated rings. The molecule has 5 heteroatoms. The molecule has 0 amide bonds. The Bertz CT molecular complexity index is 380. The van der Waals surface area contributed by atoms with E-state index in [1.165, 1.54) is 6.07 Å². The number of hydrogen-bond donors (Lipinski definition) is 1. The monoisotopic (exact) mass is 228 g/mol. The van der Waals surface area contributed by atoms with E-state index in [1.807, 2.05) is 0 Å². The number of hydrogen-bond acceptors (Lipinski definition) is 2. The summed E-state index contributed by atoms with van der Waals surface area (Å²) in [5, 5.41) is 10.8. The summed E-state index contributed by atoms with van der Waals surface area (Å²) in [6.45, 7) is 0.834. The second-order valence-corrected chi connectivity index (χ2v) is 3.57. The van der Waals surface area contributed by atoms with Gasteiger partial charge in [-0.15, -0.1) is 0 Å². The number of benzene rings is 1. The molecule has 0 aromatic heterocycles.